The number of imidazole rings is 1. The molecule has 2 aliphatic heterocycles. The number of aliphatic imine (C=N–C) groups is 2. The van der Waals surface area contributed by atoms with Crippen molar-refractivity contribution in [1.29, 1.82) is 0 Å². The second kappa shape index (κ2) is 12.7. The number of carbonyl (C=O) groups excluding carboxylic acids is 2. The Kier molecular flexibility index (Phi) is 8.40. The van der Waals surface area contributed by atoms with Gasteiger partial charge in [-0.05, 0) is 53.3 Å². The highest BCUT2D eigenvalue weighted by atomic mass is 16.5. The number of aromatic nitrogens is 2. The fraction of sp³-hybridized carbons (Fsp3) is 0.324. The molecule has 1 aromatic heterocycles. The Balaban J connectivity index is 1.20. The van der Waals surface area contributed by atoms with Gasteiger partial charge < -0.3 is 25.3 Å². The summed E-state index contributed by atoms with van der Waals surface area (Å²) in [6, 6.07) is 22.1. The Morgan fingerprint density at radius 1 is 1.05 bits per heavy atom. The maximum atomic E-state index is 13.5. The molecule has 226 valence electrons. The molecule has 2 amide bonds. The number of hydrogen-bond donors (Lipinski definition) is 3. The number of anilines is 1. The maximum absolute atomic E-state index is 13.5. The molecule has 0 radical (unpaired) electrons. The van der Waals surface area contributed by atoms with Crippen LogP contribution in [0.25, 0.3) is 22.0 Å². The number of likely N-dealkylation sites (tertiary alicyclic amines) is 1. The van der Waals surface area contributed by atoms with E-state index in [0.717, 1.165) is 57.8 Å². The molecule has 6 rings (SSSR count). The van der Waals surface area contributed by atoms with Gasteiger partial charge in [-0.15, -0.1) is 0 Å². The molecule has 4 aromatic rings. The third-order valence-corrected chi connectivity index (χ3v) is 8.36. The van der Waals surface area contributed by atoms with Crippen molar-refractivity contribution in [2.45, 2.75) is 44.7 Å². The van der Waals surface area contributed by atoms with Crippen molar-refractivity contribution in [2.24, 2.45) is 15.9 Å². The van der Waals surface area contributed by atoms with Crippen molar-refractivity contribution >= 4 is 40.6 Å². The molecule has 0 bridgehead atoms. The molecule has 0 spiro atoms. The Labute approximate surface area is 256 Å². The van der Waals surface area contributed by atoms with Crippen LogP contribution in [-0.4, -0.2) is 65.3 Å². The van der Waals surface area contributed by atoms with E-state index in [-0.39, 0.29) is 23.8 Å². The molecule has 1 saturated heterocycles. The molecule has 0 aliphatic carbocycles. The Morgan fingerprint density at radius 2 is 1.84 bits per heavy atom. The number of nitrogens with zero attached hydrogens (tertiary/aromatic N) is 4. The molecule has 3 heterocycles. The minimum absolute atomic E-state index is 0.0367. The average molecular weight is 592 g/mol. The minimum Gasteiger partial charge on any atom is -0.453 e. The maximum Gasteiger partial charge on any atom is 0.407 e. The average Bonchev–Trinajstić information content (AvgIpc) is 3.74. The number of rotatable bonds is 7. The highest BCUT2D eigenvalue weighted by Gasteiger charge is 2.37. The summed E-state index contributed by atoms with van der Waals surface area (Å²) in [5.74, 6) is 1.46. The van der Waals surface area contributed by atoms with Gasteiger partial charge in [-0.3, -0.25) is 9.79 Å². The Hall–Kier alpha value is -4.99. The number of amides is 2. The number of amidine groups is 1. The first-order valence-electron chi connectivity index (χ1n) is 15.0. The number of para-hydroxylation sites is 1. The first-order chi connectivity index (χ1) is 21.4. The molecule has 3 atom stereocenters. The van der Waals surface area contributed by atoms with E-state index in [1.165, 1.54) is 7.11 Å². The third-order valence-electron chi connectivity index (χ3n) is 8.36. The zero-order valence-electron chi connectivity index (χ0n) is 25.2. The summed E-state index contributed by atoms with van der Waals surface area (Å²) in [5.41, 5.74) is 4.06. The summed E-state index contributed by atoms with van der Waals surface area (Å²) >= 11 is 0. The molecule has 2 aliphatic rings. The van der Waals surface area contributed by atoms with Crippen LogP contribution < -0.4 is 10.6 Å². The number of hydrogen-bond acceptors (Lipinski definition) is 7. The van der Waals surface area contributed by atoms with E-state index < -0.39 is 12.1 Å². The molecule has 10 heteroatoms. The number of fused-ring (bicyclic) bond motifs is 1. The molecule has 0 saturated carbocycles. The highest BCUT2D eigenvalue weighted by molar-refractivity contribution is 6.05. The topological polar surface area (TPSA) is 124 Å². The summed E-state index contributed by atoms with van der Waals surface area (Å²) in [4.78, 5) is 44.4. The third kappa shape index (κ3) is 6.06. The summed E-state index contributed by atoms with van der Waals surface area (Å²) in [6.45, 7) is 5.07. The van der Waals surface area contributed by atoms with Crippen molar-refractivity contribution in [3.8, 4) is 11.3 Å². The van der Waals surface area contributed by atoms with Gasteiger partial charge in [0, 0.05) is 17.8 Å². The number of alkyl carbamates (subject to hydrolysis) is 1. The van der Waals surface area contributed by atoms with Crippen molar-refractivity contribution in [3.63, 3.8) is 0 Å². The molecule has 2 unspecified atom stereocenters. The number of nitrogens with one attached hydrogen (secondary N) is 3. The van der Waals surface area contributed by atoms with Gasteiger partial charge >= 0.3 is 6.09 Å². The van der Waals surface area contributed by atoms with Crippen LogP contribution in [-0.2, 0) is 9.53 Å². The zero-order valence-corrected chi connectivity index (χ0v) is 25.2. The van der Waals surface area contributed by atoms with Crippen LogP contribution >= 0.6 is 0 Å². The number of aromatic amines is 1. The van der Waals surface area contributed by atoms with Gasteiger partial charge in [0.15, 0.2) is 0 Å². The van der Waals surface area contributed by atoms with Crippen LogP contribution in [0.15, 0.2) is 82.9 Å². The SMILES string of the molecule is COC(=O)NC(C(=O)N1CCC[C@H]1c1ncc(-c2ccc3cc(C4CN=CN=C4Nc4ccccc4)ccc3c2)[nH]1)C(C)C. The number of methoxy groups -OCH3 is 1. The number of carbonyl (C=O) groups is 2. The molecule has 1 fully saturated rings. The van der Waals surface area contributed by atoms with E-state index in [9.17, 15) is 9.59 Å². The fourth-order valence-corrected chi connectivity index (χ4v) is 5.98. The van der Waals surface area contributed by atoms with Crippen LogP contribution in [0.2, 0.25) is 0 Å². The van der Waals surface area contributed by atoms with Crippen LogP contribution in [0.1, 0.15) is 50.0 Å². The van der Waals surface area contributed by atoms with Gasteiger partial charge in [0.05, 0.1) is 37.5 Å². The standard InChI is InChI=1S/C34H37N7O3/c1-21(2)30(40-34(43)44-3)33(42)41-15-7-10-29(41)32-36-19-28(39-32)25-14-12-22-16-24(13-11-23(22)17-25)27-18-35-20-37-31(27)38-26-8-5-4-6-9-26/h4-6,8-9,11-14,16-17,19-21,27,29-30H,7,10,15,18H2,1-3H3,(H,36,39)(H,40,43)(H,35,37,38)/t27?,29-,30?/m0/s1. The normalized spacial score (nSPS) is 18.7. The number of H-pyrrole nitrogens is 1. The van der Waals surface area contributed by atoms with E-state index >= 15 is 0 Å². The lowest BCUT2D eigenvalue weighted by Gasteiger charge is -2.30. The van der Waals surface area contributed by atoms with Crippen molar-refractivity contribution < 1.29 is 14.3 Å². The molecular formula is C34H37N7O3. The van der Waals surface area contributed by atoms with Crippen LogP contribution in [0.3, 0.4) is 0 Å². The minimum atomic E-state index is -0.667. The van der Waals surface area contributed by atoms with Crippen molar-refractivity contribution in [2.75, 3.05) is 25.5 Å². The first-order valence-corrected chi connectivity index (χ1v) is 15.0. The van der Waals surface area contributed by atoms with Crippen LogP contribution in [0.4, 0.5) is 10.5 Å². The van der Waals surface area contributed by atoms with E-state index in [1.54, 1.807) is 6.34 Å². The lowest BCUT2D eigenvalue weighted by Crippen LogP contribution is -2.51. The van der Waals surface area contributed by atoms with Crippen LogP contribution in [0, 0.1) is 5.92 Å². The Bertz CT molecular complexity index is 1710. The Morgan fingerprint density at radius 3 is 2.64 bits per heavy atom. The summed E-state index contributed by atoms with van der Waals surface area (Å²) in [7, 11) is 1.30. The van der Waals surface area contributed by atoms with Gasteiger partial charge in [0.25, 0.3) is 0 Å². The van der Waals surface area contributed by atoms with Crippen molar-refractivity contribution in [1.82, 2.24) is 20.2 Å². The van der Waals surface area contributed by atoms with Crippen molar-refractivity contribution in [3.05, 3.63) is 84.3 Å². The quantitative estimate of drug-likeness (QED) is 0.247. The van der Waals surface area contributed by atoms with Gasteiger partial charge in [-0.1, -0.05) is 62.4 Å². The largest absolute Gasteiger partial charge is 0.453 e. The molecule has 3 N–H and O–H groups in total. The van der Waals surface area contributed by atoms with E-state index in [1.807, 2.05) is 55.3 Å². The second-order valence-electron chi connectivity index (χ2n) is 11.6. The lowest BCUT2D eigenvalue weighted by molar-refractivity contribution is -0.135. The van der Waals surface area contributed by atoms with Gasteiger partial charge in [0.1, 0.15) is 24.0 Å². The lowest BCUT2D eigenvalue weighted by atomic mass is 9.93. The fourth-order valence-electron chi connectivity index (χ4n) is 5.98. The predicted molar refractivity (Wildman–Crippen MR) is 173 cm³/mol. The monoisotopic (exact) mass is 591 g/mol. The van der Waals surface area contributed by atoms with E-state index in [0.29, 0.717) is 13.1 Å². The summed E-state index contributed by atoms with van der Waals surface area (Å²) in [5, 5.41) is 8.41. The van der Waals surface area contributed by atoms with E-state index in [4.69, 9.17) is 9.72 Å². The second-order valence-corrected chi connectivity index (χ2v) is 11.6. The van der Waals surface area contributed by atoms with Crippen LogP contribution in [0.5, 0.6) is 0 Å². The molecular weight excluding hydrogens is 554 g/mol. The predicted octanol–water partition coefficient (Wildman–Crippen LogP) is 5.91. The molecule has 10 nitrogen and oxygen atoms in total. The van der Waals surface area contributed by atoms with Gasteiger partial charge in [-0.25, -0.2) is 14.8 Å². The zero-order chi connectivity index (χ0) is 30.6. The molecule has 44 heavy (non-hydrogen) atoms. The number of ether oxygens (including phenoxy) is 1. The smallest absolute Gasteiger partial charge is 0.407 e. The van der Waals surface area contributed by atoms with Gasteiger partial charge in [-0.2, -0.15) is 0 Å². The summed E-state index contributed by atoms with van der Waals surface area (Å²) < 4.78 is 4.75. The van der Waals surface area contributed by atoms with Gasteiger partial charge in [0.2, 0.25) is 5.91 Å². The first kappa shape index (κ1) is 29.1. The molecule has 3 aromatic carbocycles. The van der Waals surface area contributed by atoms with E-state index in [2.05, 4.69) is 62.0 Å². The summed E-state index contributed by atoms with van der Waals surface area (Å²) in [6.07, 6.45) is 4.51. The number of benzene rings is 3. The highest BCUT2D eigenvalue weighted by Crippen LogP contribution is 2.34.